The van der Waals surface area contributed by atoms with Gasteiger partial charge in [0.25, 0.3) is 0 Å². The van der Waals surface area contributed by atoms with Crippen LogP contribution in [0.3, 0.4) is 0 Å². The fraction of sp³-hybridized carbons (Fsp3) is 0.667. The van der Waals surface area contributed by atoms with Gasteiger partial charge in [-0.05, 0) is 43.9 Å². The van der Waals surface area contributed by atoms with E-state index < -0.39 is 10.0 Å². The Morgan fingerprint density at radius 2 is 1.64 bits per heavy atom. The third kappa shape index (κ3) is 5.51. The minimum absolute atomic E-state index is 0.0700. The summed E-state index contributed by atoms with van der Waals surface area (Å²) in [5.74, 6) is 0.290. The van der Waals surface area contributed by atoms with E-state index in [1.807, 2.05) is 0 Å². The predicted octanol–water partition coefficient (Wildman–Crippen LogP) is 3.06. The number of carbonyl (C=O) groups excluding carboxylic acids is 2. The van der Waals surface area contributed by atoms with Crippen LogP contribution in [0.5, 0.6) is 5.75 Å². The number of rotatable bonds is 4. The summed E-state index contributed by atoms with van der Waals surface area (Å²) in [5.41, 5.74) is 0.489. The highest BCUT2D eigenvalue weighted by atomic mass is 32.2. The molecule has 4 rings (SSSR count). The molecule has 9 heteroatoms. The Balaban J connectivity index is 1.38. The molecule has 0 atom stereocenters. The molecule has 1 aromatic rings. The molecule has 8 nitrogen and oxygen atoms in total. The Labute approximate surface area is 196 Å². The highest BCUT2D eigenvalue weighted by Gasteiger charge is 2.34. The molecule has 0 aromatic heterocycles. The normalized spacial score (nSPS) is 21.4. The average molecular weight is 478 g/mol. The predicted molar refractivity (Wildman–Crippen MR) is 126 cm³/mol. The van der Waals surface area contributed by atoms with Crippen LogP contribution < -0.4 is 15.0 Å². The zero-order valence-corrected chi connectivity index (χ0v) is 20.2. The molecule has 0 bridgehead atoms. The van der Waals surface area contributed by atoms with Crippen LogP contribution in [0.2, 0.25) is 0 Å². The molecule has 33 heavy (non-hydrogen) atoms. The van der Waals surface area contributed by atoms with E-state index in [-0.39, 0.29) is 28.7 Å². The highest BCUT2D eigenvalue weighted by Crippen LogP contribution is 2.35. The van der Waals surface area contributed by atoms with Crippen LogP contribution in [-0.2, 0) is 19.6 Å². The number of amides is 2. The summed E-state index contributed by atoms with van der Waals surface area (Å²) < 4.78 is 33.6. The maximum absolute atomic E-state index is 13.3. The maximum atomic E-state index is 13.3. The molecule has 0 spiro atoms. The van der Waals surface area contributed by atoms with Gasteiger partial charge in [0.1, 0.15) is 12.4 Å². The molecule has 182 valence electrons. The van der Waals surface area contributed by atoms with E-state index in [9.17, 15) is 18.0 Å². The third-order valence-corrected chi connectivity index (χ3v) is 8.98. The number of nitrogens with zero attached hydrogens (tertiary/aromatic N) is 2. The monoisotopic (exact) mass is 477 g/mol. The van der Waals surface area contributed by atoms with Gasteiger partial charge in [0, 0.05) is 32.0 Å². The minimum Gasteiger partial charge on any atom is -0.490 e. The summed E-state index contributed by atoms with van der Waals surface area (Å²) in [5, 5.41) is 3.23. The summed E-state index contributed by atoms with van der Waals surface area (Å²) in [7, 11) is -3.72. The van der Waals surface area contributed by atoms with Crippen molar-refractivity contribution in [1.29, 1.82) is 0 Å². The topological polar surface area (TPSA) is 96.0 Å². The van der Waals surface area contributed by atoms with Crippen molar-refractivity contribution < 1.29 is 22.7 Å². The lowest BCUT2D eigenvalue weighted by Gasteiger charge is -2.33. The lowest BCUT2D eigenvalue weighted by Crippen LogP contribution is -2.45. The lowest BCUT2D eigenvalue weighted by molar-refractivity contribution is -0.127. The van der Waals surface area contributed by atoms with E-state index in [1.165, 1.54) is 42.6 Å². The Morgan fingerprint density at radius 1 is 0.970 bits per heavy atom. The van der Waals surface area contributed by atoms with Crippen LogP contribution in [-0.4, -0.2) is 56.8 Å². The van der Waals surface area contributed by atoms with E-state index in [0.717, 1.165) is 25.7 Å². The maximum Gasteiger partial charge on any atom is 0.243 e. The van der Waals surface area contributed by atoms with Gasteiger partial charge in [-0.15, -0.1) is 0 Å². The number of piperidine rings is 1. The van der Waals surface area contributed by atoms with Crippen LogP contribution in [0.25, 0.3) is 0 Å². The Hall–Kier alpha value is -2.13. The van der Waals surface area contributed by atoms with Crippen molar-refractivity contribution in [3.8, 4) is 5.75 Å². The summed E-state index contributed by atoms with van der Waals surface area (Å²) in [6.07, 6.45) is 9.21. The number of nitrogens with one attached hydrogen (secondary N) is 1. The lowest BCUT2D eigenvalue weighted by atomic mass is 9.94. The van der Waals surface area contributed by atoms with Crippen molar-refractivity contribution in [2.45, 2.75) is 75.6 Å². The van der Waals surface area contributed by atoms with Gasteiger partial charge in [-0.1, -0.05) is 32.1 Å². The zero-order valence-electron chi connectivity index (χ0n) is 19.4. The van der Waals surface area contributed by atoms with Crippen molar-refractivity contribution >= 4 is 27.5 Å². The number of benzene rings is 1. The Morgan fingerprint density at radius 3 is 2.30 bits per heavy atom. The number of hydrogen-bond acceptors (Lipinski definition) is 5. The van der Waals surface area contributed by atoms with Crippen LogP contribution in [0.15, 0.2) is 23.1 Å². The molecule has 1 aliphatic carbocycles. The molecule has 1 N–H and O–H groups in total. The first-order chi connectivity index (χ1) is 15.9. The van der Waals surface area contributed by atoms with Gasteiger partial charge in [0.15, 0.2) is 0 Å². The highest BCUT2D eigenvalue weighted by molar-refractivity contribution is 7.89. The molecule has 2 heterocycles. The van der Waals surface area contributed by atoms with Crippen LogP contribution in [0.4, 0.5) is 5.69 Å². The van der Waals surface area contributed by atoms with E-state index in [1.54, 1.807) is 11.0 Å². The van der Waals surface area contributed by atoms with Crippen molar-refractivity contribution in [1.82, 2.24) is 9.62 Å². The molecular weight excluding hydrogens is 442 g/mol. The molecule has 2 amide bonds. The van der Waals surface area contributed by atoms with Gasteiger partial charge in [-0.2, -0.15) is 4.31 Å². The van der Waals surface area contributed by atoms with E-state index in [0.29, 0.717) is 50.5 Å². The zero-order chi connectivity index (χ0) is 23.4. The van der Waals surface area contributed by atoms with Crippen molar-refractivity contribution in [2.24, 2.45) is 5.92 Å². The van der Waals surface area contributed by atoms with E-state index in [4.69, 9.17) is 4.74 Å². The quantitative estimate of drug-likeness (QED) is 0.719. The molecule has 1 saturated heterocycles. The van der Waals surface area contributed by atoms with Gasteiger partial charge < -0.3 is 15.0 Å². The average Bonchev–Trinajstić information content (AvgIpc) is 2.79. The largest absolute Gasteiger partial charge is 0.490 e. The van der Waals surface area contributed by atoms with Gasteiger partial charge in [-0.3, -0.25) is 9.59 Å². The molecule has 2 fully saturated rings. The number of sulfonamides is 1. The van der Waals surface area contributed by atoms with Crippen molar-refractivity contribution in [3.05, 3.63) is 18.2 Å². The van der Waals surface area contributed by atoms with Crippen LogP contribution >= 0.6 is 0 Å². The molecule has 2 aliphatic heterocycles. The first kappa shape index (κ1) is 24.0. The number of fused-ring (bicyclic) bond motifs is 1. The van der Waals surface area contributed by atoms with Gasteiger partial charge in [0.05, 0.1) is 17.1 Å². The fourth-order valence-corrected chi connectivity index (χ4v) is 6.60. The second-order valence-corrected chi connectivity index (χ2v) is 11.3. The number of hydrogen-bond donors (Lipinski definition) is 1. The Kier molecular flexibility index (Phi) is 7.58. The molecular formula is C24H35N3O5S. The second-order valence-electron chi connectivity index (χ2n) is 9.38. The smallest absolute Gasteiger partial charge is 0.243 e. The van der Waals surface area contributed by atoms with E-state index in [2.05, 4.69) is 5.32 Å². The van der Waals surface area contributed by atoms with Crippen molar-refractivity contribution in [3.63, 3.8) is 0 Å². The summed E-state index contributed by atoms with van der Waals surface area (Å²) in [4.78, 5) is 26.5. The molecule has 3 aliphatic rings. The van der Waals surface area contributed by atoms with Gasteiger partial charge in [-0.25, -0.2) is 8.42 Å². The first-order valence-electron chi connectivity index (χ1n) is 12.2. The minimum atomic E-state index is -3.72. The standard InChI is InChI=1S/C24H35N3O5S/c1-18(28)27-15-16-32-23-10-9-21(17-22(23)27)33(30,31)26-13-11-19(12-14-26)24(29)25-20-7-5-3-2-4-6-8-20/h9-10,17,19-20H,2-8,11-16H2,1H3,(H,25,29). The van der Waals surface area contributed by atoms with Gasteiger partial charge >= 0.3 is 0 Å². The molecule has 0 radical (unpaired) electrons. The number of carbonyl (C=O) groups is 2. The summed E-state index contributed by atoms with van der Waals surface area (Å²) in [6, 6.07) is 4.93. The number of ether oxygens (including phenoxy) is 1. The third-order valence-electron chi connectivity index (χ3n) is 7.09. The summed E-state index contributed by atoms with van der Waals surface area (Å²) >= 11 is 0. The summed E-state index contributed by atoms with van der Waals surface area (Å²) in [6.45, 7) is 2.87. The van der Waals surface area contributed by atoms with Crippen LogP contribution in [0.1, 0.15) is 64.7 Å². The molecule has 1 saturated carbocycles. The number of anilines is 1. The first-order valence-corrected chi connectivity index (χ1v) is 13.7. The van der Waals surface area contributed by atoms with Gasteiger partial charge in [0.2, 0.25) is 21.8 Å². The SMILES string of the molecule is CC(=O)N1CCOc2ccc(S(=O)(=O)N3CCC(C(=O)NC4CCCCCCC4)CC3)cc21. The second kappa shape index (κ2) is 10.4. The Bertz CT molecular complexity index is 964. The molecule has 1 aromatic carbocycles. The van der Waals surface area contributed by atoms with Crippen molar-refractivity contribution in [2.75, 3.05) is 31.1 Å². The fourth-order valence-electron chi connectivity index (χ4n) is 5.11. The van der Waals surface area contributed by atoms with E-state index >= 15 is 0 Å². The van der Waals surface area contributed by atoms with Crippen LogP contribution in [0, 0.1) is 5.92 Å². The molecule has 0 unspecified atom stereocenters.